The van der Waals surface area contributed by atoms with Gasteiger partial charge in [0.05, 0.1) is 14.2 Å². The molecule has 162 valence electrons. The maximum atomic E-state index is 5.94. The smallest absolute Gasteiger partial charge is 0.126 e. The third-order valence-corrected chi connectivity index (χ3v) is 6.69. The molecule has 0 fully saturated rings. The van der Waals surface area contributed by atoms with Gasteiger partial charge in [-0.2, -0.15) is 0 Å². The minimum absolute atomic E-state index is 0.0961. The maximum absolute atomic E-state index is 5.94. The summed E-state index contributed by atoms with van der Waals surface area (Å²) in [6.07, 6.45) is 11.0. The Morgan fingerprint density at radius 2 is 1.72 bits per heavy atom. The normalized spacial score (nSPS) is 19.6. The molecule has 1 aromatic carbocycles. The van der Waals surface area contributed by atoms with Crippen LogP contribution in [0.25, 0.3) is 0 Å². The molecular formula is C27H42O2. The lowest BCUT2D eigenvalue weighted by molar-refractivity contribution is 0.363. The average Bonchev–Trinajstić information content (AvgIpc) is 2.69. The van der Waals surface area contributed by atoms with Gasteiger partial charge < -0.3 is 9.47 Å². The van der Waals surface area contributed by atoms with Gasteiger partial charge in [0, 0.05) is 11.5 Å². The summed E-state index contributed by atoms with van der Waals surface area (Å²) in [7, 11) is 3.57. The first-order valence-electron chi connectivity index (χ1n) is 11.3. The van der Waals surface area contributed by atoms with Crippen LogP contribution in [-0.2, 0) is 5.41 Å². The SMILES string of the molecule is C=C(C)[C@@H]1CCC(C)=C[C@H]1c1c(OC)cc(C(C)(C)CCCCCC)cc1OC. The summed E-state index contributed by atoms with van der Waals surface area (Å²) in [6.45, 7) is 15.6. The molecule has 29 heavy (non-hydrogen) atoms. The van der Waals surface area contributed by atoms with Gasteiger partial charge in [-0.1, -0.05) is 70.3 Å². The van der Waals surface area contributed by atoms with E-state index in [2.05, 4.69) is 59.4 Å². The van der Waals surface area contributed by atoms with Crippen LogP contribution < -0.4 is 9.47 Å². The summed E-state index contributed by atoms with van der Waals surface area (Å²) in [5, 5.41) is 0. The van der Waals surface area contributed by atoms with E-state index in [9.17, 15) is 0 Å². The van der Waals surface area contributed by atoms with Crippen LogP contribution in [0.1, 0.15) is 96.6 Å². The van der Waals surface area contributed by atoms with Crippen molar-refractivity contribution in [2.45, 2.75) is 90.9 Å². The first-order chi connectivity index (χ1) is 13.7. The van der Waals surface area contributed by atoms with Gasteiger partial charge in [-0.3, -0.25) is 0 Å². The van der Waals surface area contributed by atoms with Gasteiger partial charge in [0.25, 0.3) is 0 Å². The third-order valence-electron chi connectivity index (χ3n) is 6.69. The van der Waals surface area contributed by atoms with Crippen LogP contribution in [0.2, 0.25) is 0 Å². The first kappa shape index (κ1) is 23.6. The van der Waals surface area contributed by atoms with Gasteiger partial charge in [0.15, 0.2) is 0 Å². The van der Waals surface area contributed by atoms with Crippen molar-refractivity contribution in [2.75, 3.05) is 14.2 Å². The predicted octanol–water partition coefficient (Wildman–Crippen LogP) is 7.97. The van der Waals surface area contributed by atoms with Crippen LogP contribution in [0.4, 0.5) is 0 Å². The average molecular weight is 399 g/mol. The number of methoxy groups -OCH3 is 2. The van der Waals surface area contributed by atoms with Crippen LogP contribution in [0.3, 0.4) is 0 Å². The quantitative estimate of drug-likeness (QED) is 0.294. The number of unbranched alkanes of at least 4 members (excludes halogenated alkanes) is 3. The molecule has 1 aliphatic carbocycles. The summed E-state index contributed by atoms with van der Waals surface area (Å²) in [5.74, 6) is 2.58. The van der Waals surface area contributed by atoms with E-state index >= 15 is 0 Å². The Bertz CT molecular complexity index is 701. The van der Waals surface area contributed by atoms with Crippen molar-refractivity contribution in [1.29, 1.82) is 0 Å². The van der Waals surface area contributed by atoms with Crippen molar-refractivity contribution in [3.63, 3.8) is 0 Å². The molecule has 2 rings (SSSR count). The minimum atomic E-state index is 0.0961. The van der Waals surface area contributed by atoms with E-state index in [4.69, 9.17) is 9.47 Å². The van der Waals surface area contributed by atoms with E-state index in [1.807, 2.05) is 0 Å². The maximum Gasteiger partial charge on any atom is 0.126 e. The van der Waals surface area contributed by atoms with E-state index in [0.29, 0.717) is 5.92 Å². The molecular weight excluding hydrogens is 356 g/mol. The topological polar surface area (TPSA) is 18.5 Å². The zero-order valence-electron chi connectivity index (χ0n) is 19.9. The monoisotopic (exact) mass is 398 g/mol. The molecule has 0 aliphatic heterocycles. The number of allylic oxidation sites excluding steroid dienone is 3. The van der Waals surface area contributed by atoms with Gasteiger partial charge in [-0.15, -0.1) is 0 Å². The number of benzene rings is 1. The van der Waals surface area contributed by atoms with Crippen molar-refractivity contribution in [3.8, 4) is 11.5 Å². The molecule has 1 aromatic rings. The minimum Gasteiger partial charge on any atom is -0.496 e. The highest BCUT2D eigenvalue weighted by Crippen LogP contribution is 2.48. The summed E-state index contributed by atoms with van der Waals surface area (Å²) in [6, 6.07) is 4.51. The van der Waals surface area contributed by atoms with Gasteiger partial charge in [0.2, 0.25) is 0 Å². The number of hydrogen-bond acceptors (Lipinski definition) is 2. The molecule has 0 saturated carbocycles. The molecule has 0 unspecified atom stereocenters. The number of hydrogen-bond donors (Lipinski definition) is 0. The van der Waals surface area contributed by atoms with Crippen molar-refractivity contribution >= 4 is 0 Å². The van der Waals surface area contributed by atoms with Gasteiger partial charge in [-0.05, 0) is 62.1 Å². The van der Waals surface area contributed by atoms with E-state index < -0.39 is 0 Å². The highest BCUT2D eigenvalue weighted by molar-refractivity contribution is 5.54. The lowest BCUT2D eigenvalue weighted by atomic mass is 9.72. The number of ether oxygens (including phenoxy) is 2. The fourth-order valence-electron chi connectivity index (χ4n) is 4.70. The molecule has 0 spiro atoms. The molecule has 0 bridgehead atoms. The van der Waals surface area contributed by atoms with E-state index in [1.165, 1.54) is 54.4 Å². The van der Waals surface area contributed by atoms with Crippen molar-refractivity contribution in [3.05, 3.63) is 47.1 Å². The van der Waals surface area contributed by atoms with E-state index in [1.54, 1.807) is 14.2 Å². The predicted molar refractivity (Wildman–Crippen MR) is 125 cm³/mol. The van der Waals surface area contributed by atoms with Crippen LogP contribution in [-0.4, -0.2) is 14.2 Å². The zero-order chi connectivity index (χ0) is 21.6. The Labute approximate surface area is 179 Å². The van der Waals surface area contributed by atoms with Crippen LogP contribution >= 0.6 is 0 Å². The fraction of sp³-hybridized carbons (Fsp3) is 0.630. The van der Waals surface area contributed by atoms with Crippen LogP contribution in [0, 0.1) is 5.92 Å². The highest BCUT2D eigenvalue weighted by Gasteiger charge is 2.32. The standard InChI is InChI=1S/C27H42O2/c1-9-10-11-12-15-27(5,6)21-17-24(28-7)26(25(18-21)29-8)23-16-20(4)13-14-22(23)19(2)3/h16-18,22-23H,2,9-15H2,1,3-8H3/t22-,23+/m0/s1. The summed E-state index contributed by atoms with van der Waals surface area (Å²) in [4.78, 5) is 0. The lowest BCUT2D eigenvalue weighted by Gasteiger charge is -2.34. The molecule has 0 saturated heterocycles. The zero-order valence-corrected chi connectivity index (χ0v) is 19.9. The van der Waals surface area contributed by atoms with E-state index in [0.717, 1.165) is 24.3 Å². The van der Waals surface area contributed by atoms with Crippen molar-refractivity contribution in [1.82, 2.24) is 0 Å². The molecule has 2 heteroatoms. The summed E-state index contributed by atoms with van der Waals surface area (Å²) in [5.41, 5.74) is 5.25. The largest absolute Gasteiger partial charge is 0.496 e. The molecule has 0 radical (unpaired) electrons. The second-order valence-corrected chi connectivity index (χ2v) is 9.52. The Morgan fingerprint density at radius 3 is 2.24 bits per heavy atom. The fourth-order valence-corrected chi connectivity index (χ4v) is 4.70. The van der Waals surface area contributed by atoms with E-state index in [-0.39, 0.29) is 11.3 Å². The molecule has 2 atom stereocenters. The third kappa shape index (κ3) is 5.68. The second-order valence-electron chi connectivity index (χ2n) is 9.52. The van der Waals surface area contributed by atoms with Gasteiger partial charge in [0.1, 0.15) is 11.5 Å². The van der Waals surface area contributed by atoms with Crippen molar-refractivity contribution in [2.24, 2.45) is 5.92 Å². The van der Waals surface area contributed by atoms with Gasteiger partial charge in [-0.25, -0.2) is 0 Å². The Balaban J connectivity index is 2.47. The number of rotatable bonds is 10. The molecule has 1 aliphatic rings. The molecule has 2 nitrogen and oxygen atoms in total. The summed E-state index contributed by atoms with van der Waals surface area (Å²) >= 11 is 0. The lowest BCUT2D eigenvalue weighted by Crippen LogP contribution is -2.21. The highest BCUT2D eigenvalue weighted by atomic mass is 16.5. The van der Waals surface area contributed by atoms with Crippen molar-refractivity contribution < 1.29 is 9.47 Å². The Kier molecular flexibility index (Phi) is 8.43. The van der Waals surface area contributed by atoms with Gasteiger partial charge >= 0.3 is 0 Å². The Hall–Kier alpha value is -1.70. The second kappa shape index (κ2) is 10.4. The van der Waals surface area contributed by atoms with Crippen LogP contribution in [0.15, 0.2) is 35.9 Å². The molecule has 0 amide bonds. The molecule has 0 heterocycles. The molecule has 0 aromatic heterocycles. The first-order valence-corrected chi connectivity index (χ1v) is 11.3. The molecule has 0 N–H and O–H groups in total. The summed E-state index contributed by atoms with van der Waals surface area (Å²) < 4.78 is 11.9. The Morgan fingerprint density at radius 1 is 1.10 bits per heavy atom. The van der Waals surface area contributed by atoms with Crippen LogP contribution in [0.5, 0.6) is 11.5 Å².